The van der Waals surface area contributed by atoms with E-state index in [2.05, 4.69) is 15.1 Å². The fourth-order valence-electron chi connectivity index (χ4n) is 1.83. The van der Waals surface area contributed by atoms with Gasteiger partial charge in [0.15, 0.2) is 23.1 Å². The van der Waals surface area contributed by atoms with Crippen LogP contribution in [0.5, 0.6) is 0 Å². The topological polar surface area (TPSA) is 43.6 Å². The Morgan fingerprint density at radius 3 is 2.48 bits per heavy atom. The average Bonchev–Trinajstić information content (AvgIpc) is 2.88. The van der Waals surface area contributed by atoms with Crippen LogP contribution >= 0.6 is 0 Å². The first kappa shape index (κ1) is 13.4. The van der Waals surface area contributed by atoms with Gasteiger partial charge < -0.3 is 0 Å². The van der Waals surface area contributed by atoms with Crippen LogP contribution in [0.3, 0.4) is 0 Å². The summed E-state index contributed by atoms with van der Waals surface area (Å²) in [6, 6.07) is 1.73. The quantitative estimate of drug-likeness (QED) is 0.539. The molecule has 0 radical (unpaired) electrons. The zero-order chi connectivity index (χ0) is 15.1. The fourth-order valence-corrected chi connectivity index (χ4v) is 1.83. The zero-order valence-corrected chi connectivity index (χ0v) is 10.1. The minimum absolute atomic E-state index is 0.0167. The van der Waals surface area contributed by atoms with Crippen molar-refractivity contribution in [3.05, 3.63) is 42.0 Å². The highest BCUT2D eigenvalue weighted by Gasteiger charge is 2.18. The van der Waals surface area contributed by atoms with Gasteiger partial charge >= 0.3 is 6.55 Å². The molecule has 3 aromatic rings. The maximum Gasteiger partial charge on any atom is 0.335 e. The summed E-state index contributed by atoms with van der Waals surface area (Å²) in [6.45, 7) is -2.90. The van der Waals surface area contributed by atoms with Crippen molar-refractivity contribution in [1.82, 2.24) is 19.7 Å². The number of hydrogen-bond donors (Lipinski definition) is 0. The highest BCUT2D eigenvalue weighted by Crippen LogP contribution is 2.26. The molecule has 0 spiro atoms. The fraction of sp³-hybridized carbons (Fsp3) is 0.0833. The smallest absolute Gasteiger partial charge is 0.241 e. The van der Waals surface area contributed by atoms with E-state index in [1.165, 1.54) is 0 Å². The third-order valence-corrected chi connectivity index (χ3v) is 2.80. The Morgan fingerprint density at radius 2 is 1.76 bits per heavy atom. The van der Waals surface area contributed by atoms with Gasteiger partial charge in [0.25, 0.3) is 0 Å². The lowest BCUT2D eigenvalue weighted by Crippen LogP contribution is -2.01. The Bertz CT molecular complexity index is 830. The zero-order valence-electron chi connectivity index (χ0n) is 10.1. The lowest BCUT2D eigenvalue weighted by atomic mass is 10.1. The number of hydrogen-bond acceptors (Lipinski definition) is 3. The van der Waals surface area contributed by atoms with Crippen LogP contribution in [0.2, 0.25) is 0 Å². The lowest BCUT2D eigenvalue weighted by molar-refractivity contribution is 0.0608. The van der Waals surface area contributed by atoms with E-state index in [0.29, 0.717) is 4.68 Å². The van der Waals surface area contributed by atoms with Crippen LogP contribution in [-0.4, -0.2) is 19.7 Å². The molecule has 0 N–H and O–H groups in total. The van der Waals surface area contributed by atoms with Crippen molar-refractivity contribution in [2.45, 2.75) is 6.55 Å². The largest absolute Gasteiger partial charge is 0.335 e. The summed E-state index contributed by atoms with van der Waals surface area (Å²) in [4.78, 5) is 7.58. The number of alkyl halides is 2. The SMILES string of the molecule is Fc1ccc(-c2cnc3c(cnn3C(F)F)n2)c(F)c1F. The highest BCUT2D eigenvalue weighted by molar-refractivity contribution is 5.73. The summed E-state index contributed by atoms with van der Waals surface area (Å²) < 4.78 is 65.3. The van der Waals surface area contributed by atoms with Crippen LogP contribution in [0, 0.1) is 17.5 Å². The third kappa shape index (κ3) is 2.10. The van der Waals surface area contributed by atoms with Crippen molar-refractivity contribution in [3.63, 3.8) is 0 Å². The number of aromatic nitrogens is 4. The van der Waals surface area contributed by atoms with Crippen molar-refractivity contribution in [2.24, 2.45) is 0 Å². The van der Waals surface area contributed by atoms with E-state index in [9.17, 15) is 22.0 Å². The standard InChI is InChI=1S/C12H5F5N4/c13-6-2-1-5(9(14)10(6)15)7-3-18-11-8(20-7)4-19-21(11)12(16)17/h1-4,12H. The van der Waals surface area contributed by atoms with Gasteiger partial charge in [0.2, 0.25) is 0 Å². The molecule has 0 fully saturated rings. The van der Waals surface area contributed by atoms with Gasteiger partial charge in [-0.1, -0.05) is 0 Å². The molecule has 0 unspecified atom stereocenters. The van der Waals surface area contributed by atoms with Crippen molar-refractivity contribution in [1.29, 1.82) is 0 Å². The van der Waals surface area contributed by atoms with Crippen molar-refractivity contribution >= 4 is 11.2 Å². The molecule has 1 aromatic carbocycles. The number of rotatable bonds is 2. The molecule has 3 rings (SSSR count). The maximum atomic E-state index is 13.7. The van der Waals surface area contributed by atoms with E-state index >= 15 is 0 Å². The van der Waals surface area contributed by atoms with E-state index in [1.54, 1.807) is 0 Å². The van der Waals surface area contributed by atoms with Crippen LogP contribution in [0.4, 0.5) is 22.0 Å². The first-order valence-electron chi connectivity index (χ1n) is 5.61. The molecule has 2 heterocycles. The molecule has 0 saturated heterocycles. The predicted molar refractivity (Wildman–Crippen MR) is 61.9 cm³/mol. The molecule has 0 aliphatic rings. The summed E-state index contributed by atoms with van der Waals surface area (Å²) >= 11 is 0. The minimum Gasteiger partial charge on any atom is -0.241 e. The molecule has 0 saturated carbocycles. The molecule has 4 nitrogen and oxygen atoms in total. The molecule has 0 aliphatic heterocycles. The maximum absolute atomic E-state index is 13.7. The number of benzene rings is 1. The molecule has 108 valence electrons. The van der Waals surface area contributed by atoms with Crippen LogP contribution < -0.4 is 0 Å². The van der Waals surface area contributed by atoms with E-state index < -0.39 is 24.0 Å². The summed E-state index contributed by atoms with van der Waals surface area (Å²) in [6.07, 6.45) is 2.01. The van der Waals surface area contributed by atoms with Crippen molar-refractivity contribution in [2.75, 3.05) is 0 Å². The van der Waals surface area contributed by atoms with E-state index in [1.807, 2.05) is 0 Å². The summed E-state index contributed by atoms with van der Waals surface area (Å²) in [7, 11) is 0. The Labute approximate surface area is 113 Å². The summed E-state index contributed by atoms with van der Waals surface area (Å²) in [5.41, 5.74) is -0.658. The molecule has 0 bridgehead atoms. The van der Waals surface area contributed by atoms with Gasteiger partial charge in [0.05, 0.1) is 18.1 Å². The Morgan fingerprint density at radius 1 is 1.00 bits per heavy atom. The third-order valence-electron chi connectivity index (χ3n) is 2.80. The Kier molecular flexibility index (Phi) is 3.04. The second-order valence-electron chi connectivity index (χ2n) is 4.05. The first-order valence-corrected chi connectivity index (χ1v) is 5.61. The summed E-state index contributed by atoms with van der Waals surface area (Å²) in [5, 5.41) is 3.40. The Hall–Kier alpha value is -2.58. The van der Waals surface area contributed by atoms with Gasteiger partial charge in [0.1, 0.15) is 5.52 Å². The normalized spacial score (nSPS) is 11.5. The van der Waals surface area contributed by atoms with E-state index in [0.717, 1.165) is 24.5 Å². The molecule has 0 amide bonds. The van der Waals surface area contributed by atoms with Crippen LogP contribution in [0.15, 0.2) is 24.5 Å². The highest BCUT2D eigenvalue weighted by atomic mass is 19.3. The van der Waals surface area contributed by atoms with Crippen LogP contribution in [-0.2, 0) is 0 Å². The number of halogens is 5. The molecule has 21 heavy (non-hydrogen) atoms. The van der Waals surface area contributed by atoms with E-state index in [4.69, 9.17) is 0 Å². The van der Waals surface area contributed by atoms with Gasteiger partial charge in [-0.2, -0.15) is 18.6 Å². The van der Waals surface area contributed by atoms with Crippen molar-refractivity contribution < 1.29 is 22.0 Å². The Balaban J connectivity index is 2.16. The van der Waals surface area contributed by atoms with Gasteiger partial charge in [0, 0.05) is 5.56 Å². The molecule has 0 aliphatic carbocycles. The van der Waals surface area contributed by atoms with Gasteiger partial charge in [-0.3, -0.25) is 0 Å². The van der Waals surface area contributed by atoms with Gasteiger partial charge in [-0.25, -0.2) is 23.1 Å². The molecular weight excluding hydrogens is 295 g/mol. The monoisotopic (exact) mass is 300 g/mol. The number of fused-ring (bicyclic) bond motifs is 1. The summed E-state index contributed by atoms with van der Waals surface area (Å²) in [5.74, 6) is -4.40. The first-order chi connectivity index (χ1) is 9.99. The molecule has 2 aromatic heterocycles. The molecule has 0 atom stereocenters. The van der Waals surface area contributed by atoms with Crippen molar-refractivity contribution in [3.8, 4) is 11.3 Å². The van der Waals surface area contributed by atoms with E-state index in [-0.39, 0.29) is 22.4 Å². The second-order valence-corrected chi connectivity index (χ2v) is 4.05. The predicted octanol–water partition coefficient (Wildman–Crippen LogP) is 3.31. The van der Waals surface area contributed by atoms with Crippen LogP contribution in [0.1, 0.15) is 6.55 Å². The lowest BCUT2D eigenvalue weighted by Gasteiger charge is -2.04. The van der Waals surface area contributed by atoms with Gasteiger partial charge in [-0.15, -0.1) is 0 Å². The van der Waals surface area contributed by atoms with Gasteiger partial charge in [-0.05, 0) is 12.1 Å². The minimum atomic E-state index is -2.90. The molecular formula is C12H5F5N4. The molecule has 9 heteroatoms. The number of nitrogens with zero attached hydrogens (tertiary/aromatic N) is 4. The second kappa shape index (κ2) is 4.76. The average molecular weight is 300 g/mol. The van der Waals surface area contributed by atoms with Crippen LogP contribution in [0.25, 0.3) is 22.4 Å².